The number of aromatic nitrogens is 3. The number of rotatable bonds is 3. The molecule has 1 N–H and O–H groups in total. The van der Waals surface area contributed by atoms with Gasteiger partial charge in [-0.25, -0.2) is 15.0 Å². The fourth-order valence-electron chi connectivity index (χ4n) is 6.95. The lowest BCUT2D eigenvalue weighted by Crippen LogP contribution is -2.52. The molecule has 1 aliphatic heterocycles. The highest BCUT2D eigenvalue weighted by molar-refractivity contribution is 6.29. The number of carbonyl (C=O) groups excluding carboxylic acids is 2. The second-order valence-electron chi connectivity index (χ2n) is 10.1. The third-order valence-corrected chi connectivity index (χ3v) is 8.24. The van der Waals surface area contributed by atoms with Gasteiger partial charge in [-0.05, 0) is 74.8 Å². The summed E-state index contributed by atoms with van der Waals surface area (Å²) in [4.78, 5) is 41.0. The zero-order valence-electron chi connectivity index (χ0n) is 17.9. The van der Waals surface area contributed by atoms with Gasteiger partial charge in [0.25, 0.3) is 5.91 Å². The summed E-state index contributed by atoms with van der Waals surface area (Å²) >= 11 is 5.84. The van der Waals surface area contributed by atoms with Gasteiger partial charge in [-0.15, -0.1) is 0 Å². The summed E-state index contributed by atoms with van der Waals surface area (Å²) in [5.41, 5.74) is 2.03. The van der Waals surface area contributed by atoms with Crippen LogP contribution in [0, 0.1) is 23.2 Å². The molecule has 2 aromatic rings. The summed E-state index contributed by atoms with van der Waals surface area (Å²) < 4.78 is 0. The number of nitrogens with one attached hydrogen (secondary N) is 1. The first-order chi connectivity index (χ1) is 15.5. The van der Waals surface area contributed by atoms with Crippen LogP contribution in [0.5, 0.6) is 0 Å². The third kappa shape index (κ3) is 3.38. The van der Waals surface area contributed by atoms with Gasteiger partial charge in [0.1, 0.15) is 17.3 Å². The number of fused-ring (bicyclic) bond motifs is 1. The Morgan fingerprint density at radius 3 is 2.41 bits per heavy atom. The van der Waals surface area contributed by atoms with Gasteiger partial charge >= 0.3 is 0 Å². The van der Waals surface area contributed by atoms with E-state index in [1.54, 1.807) is 17.0 Å². The minimum Gasteiger partial charge on any atom is -0.332 e. The van der Waals surface area contributed by atoms with Crippen molar-refractivity contribution < 1.29 is 9.59 Å². The van der Waals surface area contributed by atoms with Gasteiger partial charge in [0, 0.05) is 18.3 Å². The molecule has 5 aliphatic rings. The summed E-state index contributed by atoms with van der Waals surface area (Å²) in [6.45, 7) is 0.932. The number of anilines is 1. The number of carbonyl (C=O) groups is 2. The number of hydrogen-bond acceptors (Lipinski definition) is 5. The molecule has 2 amide bonds. The van der Waals surface area contributed by atoms with Crippen molar-refractivity contribution in [1.82, 2.24) is 19.9 Å². The Morgan fingerprint density at radius 2 is 1.75 bits per heavy atom. The van der Waals surface area contributed by atoms with E-state index < -0.39 is 0 Å². The Bertz CT molecular complexity index is 1050. The number of pyridine rings is 1. The Labute approximate surface area is 192 Å². The molecule has 4 bridgehead atoms. The minimum atomic E-state index is -0.217. The highest BCUT2D eigenvalue weighted by Crippen LogP contribution is 2.60. The maximum absolute atomic E-state index is 13.5. The smallest absolute Gasteiger partial charge is 0.255 e. The second-order valence-corrected chi connectivity index (χ2v) is 10.5. The molecule has 32 heavy (non-hydrogen) atoms. The Morgan fingerprint density at radius 1 is 1.03 bits per heavy atom. The van der Waals surface area contributed by atoms with E-state index in [4.69, 9.17) is 11.6 Å². The first-order valence-electron chi connectivity index (χ1n) is 11.5. The highest BCUT2D eigenvalue weighted by Gasteiger charge is 2.54. The molecule has 3 heterocycles. The maximum atomic E-state index is 13.5. The molecule has 0 radical (unpaired) electrons. The van der Waals surface area contributed by atoms with E-state index in [9.17, 15) is 9.59 Å². The number of nitrogens with zero attached hydrogens (tertiary/aromatic N) is 4. The summed E-state index contributed by atoms with van der Waals surface area (Å²) in [5, 5.41) is 3.55. The quantitative estimate of drug-likeness (QED) is 0.715. The monoisotopic (exact) mass is 451 g/mol. The van der Waals surface area contributed by atoms with Crippen LogP contribution in [0.1, 0.15) is 60.1 Å². The molecule has 0 spiro atoms. The van der Waals surface area contributed by atoms with Crippen molar-refractivity contribution in [2.24, 2.45) is 23.2 Å². The van der Waals surface area contributed by atoms with Crippen molar-refractivity contribution in [2.75, 3.05) is 11.9 Å². The van der Waals surface area contributed by atoms with Crippen LogP contribution in [0.15, 0.2) is 24.7 Å². The van der Waals surface area contributed by atoms with Crippen molar-refractivity contribution in [3.63, 3.8) is 0 Å². The third-order valence-electron chi connectivity index (χ3n) is 8.02. The van der Waals surface area contributed by atoms with Gasteiger partial charge in [0.2, 0.25) is 5.91 Å². The highest BCUT2D eigenvalue weighted by atomic mass is 35.5. The van der Waals surface area contributed by atoms with Crippen molar-refractivity contribution >= 4 is 29.2 Å². The average molecular weight is 452 g/mol. The van der Waals surface area contributed by atoms with E-state index in [0.29, 0.717) is 53.8 Å². The summed E-state index contributed by atoms with van der Waals surface area (Å²) in [5.74, 6) is 2.81. The molecule has 2 aromatic heterocycles. The summed E-state index contributed by atoms with van der Waals surface area (Å²) in [6, 6.07) is 3.30. The first-order valence-corrected chi connectivity index (χ1v) is 11.9. The first kappa shape index (κ1) is 20.1. The van der Waals surface area contributed by atoms with Crippen molar-refractivity contribution in [2.45, 2.75) is 51.5 Å². The molecule has 0 saturated heterocycles. The topological polar surface area (TPSA) is 88.1 Å². The number of amides is 2. The van der Waals surface area contributed by atoms with Gasteiger partial charge in [0.15, 0.2) is 0 Å². The van der Waals surface area contributed by atoms with E-state index in [0.717, 1.165) is 30.5 Å². The lowest BCUT2D eigenvalue weighted by Gasteiger charge is -2.55. The van der Waals surface area contributed by atoms with Crippen LogP contribution in [0.2, 0.25) is 5.15 Å². The predicted molar refractivity (Wildman–Crippen MR) is 119 cm³/mol. The molecular weight excluding hydrogens is 426 g/mol. The molecule has 4 saturated carbocycles. The van der Waals surface area contributed by atoms with Gasteiger partial charge in [0.05, 0.1) is 23.2 Å². The van der Waals surface area contributed by atoms with Crippen LogP contribution >= 0.6 is 11.6 Å². The maximum Gasteiger partial charge on any atom is 0.255 e. The van der Waals surface area contributed by atoms with Gasteiger partial charge in [-0.2, -0.15) is 0 Å². The van der Waals surface area contributed by atoms with E-state index in [2.05, 4.69) is 20.3 Å². The standard InChI is InChI=1S/C24H26ClN5O2/c25-20-2-1-17(11-26-20)22(31)30-4-3-18-19(12-30)27-13-28-21(18)29-23(32)24-8-14-5-15(9-24)7-16(6-14)10-24/h1-2,11,13-16H,3-10,12H2,(H,27,28,29,32). The molecule has 7 rings (SSSR count). The van der Waals surface area contributed by atoms with E-state index in [-0.39, 0.29) is 17.2 Å². The normalized spacial score (nSPS) is 30.2. The molecule has 7 nitrogen and oxygen atoms in total. The summed E-state index contributed by atoms with van der Waals surface area (Å²) in [6.07, 6.45) is 10.6. The summed E-state index contributed by atoms with van der Waals surface area (Å²) in [7, 11) is 0. The van der Waals surface area contributed by atoms with Gasteiger partial charge < -0.3 is 10.2 Å². The van der Waals surface area contributed by atoms with Crippen LogP contribution in [0.3, 0.4) is 0 Å². The van der Waals surface area contributed by atoms with Crippen molar-refractivity contribution in [1.29, 1.82) is 0 Å². The molecular formula is C24H26ClN5O2. The molecule has 0 unspecified atom stereocenters. The van der Waals surface area contributed by atoms with Crippen LogP contribution in [-0.2, 0) is 17.8 Å². The Kier molecular flexibility index (Phi) is 4.72. The van der Waals surface area contributed by atoms with Gasteiger partial charge in [-0.3, -0.25) is 9.59 Å². The fourth-order valence-corrected chi connectivity index (χ4v) is 7.06. The van der Waals surface area contributed by atoms with E-state index in [1.165, 1.54) is 31.8 Å². The fraction of sp³-hybridized carbons (Fsp3) is 0.542. The minimum absolute atomic E-state index is 0.0995. The van der Waals surface area contributed by atoms with Crippen LogP contribution in [0.25, 0.3) is 0 Å². The van der Waals surface area contributed by atoms with Crippen LogP contribution in [-0.4, -0.2) is 38.2 Å². The average Bonchev–Trinajstić information content (AvgIpc) is 2.78. The predicted octanol–water partition coefficient (Wildman–Crippen LogP) is 3.88. The number of halogens is 1. The molecule has 8 heteroatoms. The van der Waals surface area contributed by atoms with E-state index in [1.807, 2.05) is 0 Å². The van der Waals surface area contributed by atoms with Crippen LogP contribution in [0.4, 0.5) is 5.82 Å². The Balaban J connectivity index is 1.20. The SMILES string of the molecule is O=C(c1ccc(Cl)nc1)N1CCc2c(ncnc2NC(=O)C23CC4CC(CC(C4)C2)C3)C1. The molecule has 4 fully saturated rings. The zero-order chi connectivity index (χ0) is 21.9. The van der Waals surface area contributed by atoms with Crippen molar-refractivity contribution in [3.8, 4) is 0 Å². The zero-order valence-corrected chi connectivity index (χ0v) is 18.6. The lowest BCUT2D eigenvalue weighted by molar-refractivity contribution is -0.140. The second kappa shape index (κ2) is 7.51. The Hall–Kier alpha value is -2.54. The molecule has 0 aromatic carbocycles. The van der Waals surface area contributed by atoms with Crippen LogP contribution < -0.4 is 5.32 Å². The van der Waals surface area contributed by atoms with Crippen molar-refractivity contribution in [3.05, 3.63) is 46.6 Å². The number of hydrogen-bond donors (Lipinski definition) is 1. The largest absolute Gasteiger partial charge is 0.332 e. The molecule has 0 atom stereocenters. The molecule has 4 aliphatic carbocycles. The van der Waals surface area contributed by atoms with Gasteiger partial charge in [-0.1, -0.05) is 11.6 Å². The lowest BCUT2D eigenvalue weighted by atomic mass is 9.49. The molecule has 166 valence electrons. The van der Waals surface area contributed by atoms with E-state index >= 15 is 0 Å².